The van der Waals surface area contributed by atoms with Gasteiger partial charge in [0.2, 0.25) is 0 Å². The van der Waals surface area contributed by atoms with Crippen molar-refractivity contribution in [2.75, 3.05) is 0 Å². The lowest BCUT2D eigenvalue weighted by molar-refractivity contribution is 1.07. The van der Waals surface area contributed by atoms with Crippen molar-refractivity contribution in [3.05, 3.63) is 104 Å². The molecule has 4 nitrogen and oxygen atoms in total. The van der Waals surface area contributed by atoms with Crippen LogP contribution in [0, 0.1) is 0 Å². The van der Waals surface area contributed by atoms with Crippen molar-refractivity contribution in [2.45, 2.75) is 107 Å². The Balaban J connectivity index is 1.85. The molecule has 0 fully saturated rings. The van der Waals surface area contributed by atoms with E-state index in [2.05, 4.69) is 126 Å². The predicted molar refractivity (Wildman–Crippen MR) is 222 cm³/mol. The summed E-state index contributed by atoms with van der Waals surface area (Å²) in [5, 5.41) is 2.19. The third-order valence-electron chi connectivity index (χ3n) is 11.0. The summed E-state index contributed by atoms with van der Waals surface area (Å²) in [6.07, 6.45) is 7.45. The van der Waals surface area contributed by atoms with Crippen LogP contribution < -0.4 is 0 Å². The molecule has 7 rings (SSSR count). The fourth-order valence-electron chi connectivity index (χ4n) is 8.76. The Morgan fingerprint density at radius 3 is 1.06 bits per heavy atom. The van der Waals surface area contributed by atoms with Crippen LogP contribution in [0.1, 0.15) is 125 Å². The Morgan fingerprint density at radius 2 is 0.745 bits per heavy atom. The van der Waals surface area contributed by atoms with Crippen molar-refractivity contribution in [3.8, 4) is 22.3 Å². The maximum absolute atomic E-state index is 5.65. The number of nitrogens with zero attached hydrogens (tertiary/aromatic N) is 2. The smallest absolute Gasteiger partial charge is 0.122 e. The minimum absolute atomic E-state index is 0.921. The molecule has 0 amide bonds. The fourth-order valence-corrected chi connectivity index (χ4v) is 10.00. The standard InChI is InChI=1S/C46H52N4S/c1-9-29-31(11-3)43-44-32(12-4)30(10-2)40(48-44)38(28-25-21-18-22-26-28)42-34(14-6)36(16-8)46(50-42)51-45-35(15-7)33(13-5)41(49-45)37(39(29)47-43)27-23-19-17-20-24-27/h17-26,47-48H,9-16H2,1-8H3. The van der Waals surface area contributed by atoms with Crippen LogP contribution in [0.25, 0.3) is 66.6 Å². The predicted octanol–water partition coefficient (Wildman–Crippen LogP) is 13.4. The minimum Gasteiger partial charge on any atom is -0.353 e. The van der Waals surface area contributed by atoms with Crippen LogP contribution in [0.2, 0.25) is 0 Å². The summed E-state index contributed by atoms with van der Waals surface area (Å²) in [6.45, 7) is 18.4. The van der Waals surface area contributed by atoms with Gasteiger partial charge in [-0.1, -0.05) is 127 Å². The quantitative estimate of drug-likeness (QED) is 0.153. The summed E-state index contributed by atoms with van der Waals surface area (Å²) in [7, 11) is 0. The molecule has 8 bridgehead atoms. The van der Waals surface area contributed by atoms with Gasteiger partial charge in [-0.15, -0.1) is 0 Å². The van der Waals surface area contributed by atoms with Crippen molar-refractivity contribution in [2.24, 2.45) is 0 Å². The number of H-pyrrole nitrogens is 2. The molecule has 2 aliphatic rings. The molecular weight excluding hydrogens is 641 g/mol. The van der Waals surface area contributed by atoms with Crippen LogP contribution >= 0.6 is 11.3 Å². The number of benzene rings is 2. The fraction of sp³-hybridized carbons (Fsp3) is 0.348. The Labute approximate surface area is 307 Å². The van der Waals surface area contributed by atoms with E-state index in [-0.39, 0.29) is 0 Å². The van der Waals surface area contributed by atoms with E-state index >= 15 is 0 Å². The highest BCUT2D eigenvalue weighted by Crippen LogP contribution is 2.47. The molecule has 262 valence electrons. The number of nitrogens with one attached hydrogen (secondary N) is 2. The third-order valence-corrected chi connectivity index (χ3v) is 12.1. The summed E-state index contributed by atoms with van der Waals surface area (Å²) in [5.74, 6) is 0. The Morgan fingerprint density at radius 1 is 0.412 bits per heavy atom. The van der Waals surface area contributed by atoms with Gasteiger partial charge in [-0.2, -0.15) is 0 Å². The van der Waals surface area contributed by atoms with Gasteiger partial charge in [-0.3, -0.25) is 0 Å². The van der Waals surface area contributed by atoms with Crippen molar-refractivity contribution in [1.82, 2.24) is 19.9 Å². The summed E-state index contributed by atoms with van der Waals surface area (Å²) in [6, 6.07) is 21.9. The lowest BCUT2D eigenvalue weighted by atomic mass is 9.93. The molecule has 0 saturated carbocycles. The first-order chi connectivity index (χ1) is 25.0. The van der Waals surface area contributed by atoms with E-state index in [1.54, 1.807) is 11.3 Å². The Kier molecular flexibility index (Phi) is 10.0. The van der Waals surface area contributed by atoms with Crippen molar-refractivity contribution < 1.29 is 0 Å². The number of rotatable bonds is 10. The molecule has 0 atom stereocenters. The minimum atomic E-state index is 0.921. The van der Waals surface area contributed by atoms with Gasteiger partial charge in [0, 0.05) is 11.1 Å². The highest BCUT2D eigenvalue weighted by Gasteiger charge is 2.29. The molecular formula is C46H52N4S. The first-order valence-corrected chi connectivity index (χ1v) is 20.2. The third kappa shape index (κ3) is 5.65. The highest BCUT2D eigenvalue weighted by molar-refractivity contribution is 7.13. The van der Waals surface area contributed by atoms with Crippen LogP contribution in [-0.4, -0.2) is 19.9 Å². The zero-order valence-corrected chi connectivity index (χ0v) is 32.5. The number of allylic oxidation sites excluding steroid dienone is 4. The lowest BCUT2D eigenvalue weighted by Gasteiger charge is -2.10. The van der Waals surface area contributed by atoms with Gasteiger partial charge in [-0.05, 0) is 107 Å². The molecule has 2 N–H and O–H groups in total. The number of aromatic nitrogens is 4. The van der Waals surface area contributed by atoms with Gasteiger partial charge in [0.05, 0.1) is 33.5 Å². The van der Waals surface area contributed by atoms with Gasteiger partial charge in [0.15, 0.2) is 0 Å². The monoisotopic (exact) mass is 692 g/mol. The topological polar surface area (TPSA) is 57.4 Å². The van der Waals surface area contributed by atoms with Crippen LogP contribution in [0.4, 0.5) is 0 Å². The molecule has 0 unspecified atom stereocenters. The first kappa shape index (κ1) is 34.9. The van der Waals surface area contributed by atoms with Crippen LogP contribution in [0.5, 0.6) is 0 Å². The van der Waals surface area contributed by atoms with Crippen molar-refractivity contribution >= 4 is 55.7 Å². The van der Waals surface area contributed by atoms with Gasteiger partial charge in [0.25, 0.3) is 0 Å². The second-order valence-electron chi connectivity index (χ2n) is 13.5. The van der Waals surface area contributed by atoms with Crippen LogP contribution in [-0.2, 0) is 25.7 Å². The largest absolute Gasteiger partial charge is 0.353 e. The molecule has 51 heavy (non-hydrogen) atoms. The summed E-state index contributed by atoms with van der Waals surface area (Å²) in [4.78, 5) is 19.6. The maximum atomic E-state index is 5.65. The van der Waals surface area contributed by atoms with E-state index in [1.807, 2.05) is 0 Å². The summed E-state index contributed by atoms with van der Waals surface area (Å²) < 4.78 is 0. The molecule has 2 aliphatic heterocycles. The Hall–Kier alpha value is -4.48. The number of hydrogen-bond acceptors (Lipinski definition) is 3. The van der Waals surface area contributed by atoms with E-state index < -0.39 is 0 Å². The number of hydrogen-bond donors (Lipinski definition) is 2. The van der Waals surface area contributed by atoms with Gasteiger partial charge < -0.3 is 9.97 Å². The number of fused-ring (bicyclic) bond motifs is 9. The second-order valence-corrected chi connectivity index (χ2v) is 14.5. The van der Waals surface area contributed by atoms with Crippen LogP contribution in [0.3, 0.4) is 0 Å². The molecule has 5 heteroatoms. The molecule has 2 aromatic carbocycles. The maximum Gasteiger partial charge on any atom is 0.122 e. The van der Waals surface area contributed by atoms with Crippen molar-refractivity contribution in [3.63, 3.8) is 0 Å². The molecule has 5 aromatic rings. The van der Waals surface area contributed by atoms with E-state index in [9.17, 15) is 0 Å². The van der Waals surface area contributed by atoms with Gasteiger partial charge >= 0.3 is 0 Å². The second kappa shape index (κ2) is 14.6. The molecule has 5 heterocycles. The van der Waals surface area contributed by atoms with E-state index in [0.717, 1.165) is 72.8 Å². The first-order valence-electron chi connectivity index (χ1n) is 19.4. The molecule has 0 saturated heterocycles. The summed E-state index contributed by atoms with van der Waals surface area (Å²) >= 11 is 1.79. The number of aryl methyl sites for hydroxylation is 4. The average Bonchev–Trinajstić information content (AvgIpc) is 3.91. The molecule has 0 radical (unpaired) electrons. The van der Waals surface area contributed by atoms with E-state index in [4.69, 9.17) is 9.97 Å². The molecule has 0 aliphatic carbocycles. The van der Waals surface area contributed by atoms with Gasteiger partial charge in [-0.25, -0.2) is 9.97 Å². The lowest BCUT2D eigenvalue weighted by Crippen LogP contribution is -1.92. The van der Waals surface area contributed by atoms with E-state index in [1.165, 1.54) is 88.9 Å². The van der Waals surface area contributed by atoms with Crippen molar-refractivity contribution in [1.29, 1.82) is 0 Å². The SMILES string of the molecule is CCC1=C(CC)c2nc1sc1nc(c(-c3ccccc3)c3[nH]c(c(CC)c3CC)c3[nH]c(c(CC)c3CC)c2-c2ccccc2)C(CC)=C1CC. The number of aromatic amines is 2. The van der Waals surface area contributed by atoms with Gasteiger partial charge in [0.1, 0.15) is 10.0 Å². The molecule has 0 spiro atoms. The zero-order valence-electron chi connectivity index (χ0n) is 31.7. The summed E-state index contributed by atoms with van der Waals surface area (Å²) in [5.41, 5.74) is 22.8. The zero-order chi connectivity index (χ0) is 35.8. The van der Waals surface area contributed by atoms with E-state index in [0.29, 0.717) is 0 Å². The Bertz CT molecular complexity index is 2160. The normalized spacial score (nSPS) is 13.2. The molecule has 3 aromatic heterocycles. The van der Waals surface area contributed by atoms with Crippen LogP contribution in [0.15, 0.2) is 60.7 Å². The highest BCUT2D eigenvalue weighted by atomic mass is 32.1. The average molecular weight is 693 g/mol.